The van der Waals surface area contributed by atoms with Gasteiger partial charge in [0.25, 0.3) is 5.69 Å². The number of halogens is 4. The van der Waals surface area contributed by atoms with E-state index in [-0.39, 0.29) is 10.1 Å². The molecule has 0 bridgehead atoms. The highest BCUT2D eigenvalue weighted by Gasteiger charge is 2.33. The van der Waals surface area contributed by atoms with Crippen LogP contribution in [0.15, 0.2) is 23.1 Å². The molecule has 8 heteroatoms. The Bertz CT molecular complexity index is 468. The average Bonchev–Trinajstić information content (AvgIpc) is 2.27. The maximum atomic E-state index is 12.5. The fourth-order valence-electron chi connectivity index (χ4n) is 1.37. The highest BCUT2D eigenvalue weighted by atomic mass is 35.5. The summed E-state index contributed by atoms with van der Waals surface area (Å²) in [5.74, 6) is 0.391. The van der Waals surface area contributed by atoms with E-state index in [1.165, 1.54) is 0 Å². The summed E-state index contributed by atoms with van der Waals surface area (Å²) in [5, 5.41) is 10.8. The second kappa shape index (κ2) is 6.47. The third-order valence-electron chi connectivity index (χ3n) is 2.33. The number of nitrogens with zero attached hydrogens (tertiary/aromatic N) is 1. The molecule has 106 valence electrons. The standard InChI is InChI=1S/C11H11ClF3NO2S/c1-7(4-5-12)19-10-3-2-8(11(13,14)15)6-9(10)16(17)18/h2-3,6-7H,4-5H2,1H3. The maximum absolute atomic E-state index is 12.5. The highest BCUT2D eigenvalue weighted by Crippen LogP contribution is 2.38. The molecule has 0 N–H and O–H groups in total. The minimum atomic E-state index is -4.59. The van der Waals surface area contributed by atoms with Crippen molar-refractivity contribution in [1.29, 1.82) is 0 Å². The summed E-state index contributed by atoms with van der Waals surface area (Å²) in [7, 11) is 0. The van der Waals surface area contributed by atoms with Gasteiger partial charge >= 0.3 is 6.18 Å². The van der Waals surface area contributed by atoms with Crippen LogP contribution in [-0.4, -0.2) is 16.1 Å². The number of hydrogen-bond acceptors (Lipinski definition) is 3. The monoisotopic (exact) mass is 313 g/mol. The first-order valence-corrected chi connectivity index (χ1v) is 6.75. The van der Waals surface area contributed by atoms with E-state index in [0.717, 1.165) is 23.9 Å². The lowest BCUT2D eigenvalue weighted by atomic mass is 10.2. The van der Waals surface area contributed by atoms with E-state index >= 15 is 0 Å². The molecule has 0 radical (unpaired) electrons. The normalized spacial score (nSPS) is 13.3. The lowest BCUT2D eigenvalue weighted by molar-refractivity contribution is -0.388. The van der Waals surface area contributed by atoms with Crippen LogP contribution in [-0.2, 0) is 6.18 Å². The predicted molar refractivity (Wildman–Crippen MR) is 68.8 cm³/mol. The van der Waals surface area contributed by atoms with Crippen molar-refractivity contribution in [2.75, 3.05) is 5.88 Å². The quantitative estimate of drug-likeness (QED) is 0.342. The van der Waals surface area contributed by atoms with Gasteiger partial charge in [-0.15, -0.1) is 23.4 Å². The van der Waals surface area contributed by atoms with E-state index in [2.05, 4.69) is 0 Å². The van der Waals surface area contributed by atoms with Crippen molar-refractivity contribution in [1.82, 2.24) is 0 Å². The lowest BCUT2D eigenvalue weighted by Gasteiger charge is -2.11. The zero-order valence-electron chi connectivity index (χ0n) is 9.91. The van der Waals surface area contributed by atoms with Crippen LogP contribution in [0.5, 0.6) is 0 Å². The fourth-order valence-corrected chi connectivity index (χ4v) is 2.89. The summed E-state index contributed by atoms with van der Waals surface area (Å²) in [4.78, 5) is 10.3. The van der Waals surface area contributed by atoms with Crippen LogP contribution in [0.25, 0.3) is 0 Å². The van der Waals surface area contributed by atoms with Gasteiger partial charge in [-0.1, -0.05) is 6.92 Å². The second-order valence-electron chi connectivity index (χ2n) is 3.84. The molecule has 0 amide bonds. The van der Waals surface area contributed by atoms with Gasteiger partial charge in [0, 0.05) is 17.2 Å². The number of nitro groups is 1. The first-order chi connectivity index (χ1) is 8.75. The molecule has 0 saturated carbocycles. The molecule has 0 aliphatic rings. The molecule has 0 saturated heterocycles. The molecule has 0 aliphatic heterocycles. The van der Waals surface area contributed by atoms with E-state index < -0.39 is 22.4 Å². The van der Waals surface area contributed by atoms with Crippen LogP contribution in [0.1, 0.15) is 18.9 Å². The zero-order valence-corrected chi connectivity index (χ0v) is 11.5. The Kier molecular flexibility index (Phi) is 5.49. The van der Waals surface area contributed by atoms with Crippen molar-refractivity contribution < 1.29 is 18.1 Å². The summed E-state index contributed by atoms with van der Waals surface area (Å²) in [6.45, 7) is 1.81. The number of benzene rings is 1. The Balaban J connectivity index is 3.09. The lowest BCUT2D eigenvalue weighted by Crippen LogP contribution is -2.06. The van der Waals surface area contributed by atoms with Gasteiger partial charge in [0.1, 0.15) is 0 Å². The number of alkyl halides is 4. The van der Waals surface area contributed by atoms with Crippen molar-refractivity contribution >= 4 is 29.1 Å². The summed E-state index contributed by atoms with van der Waals surface area (Å²) in [5.41, 5.74) is -1.55. The molecule has 1 rings (SSSR count). The smallest absolute Gasteiger partial charge is 0.258 e. The van der Waals surface area contributed by atoms with Crippen LogP contribution < -0.4 is 0 Å². The van der Waals surface area contributed by atoms with E-state index in [1.807, 2.05) is 6.92 Å². The second-order valence-corrected chi connectivity index (χ2v) is 5.70. The molecule has 0 aliphatic carbocycles. The molecule has 0 spiro atoms. The van der Waals surface area contributed by atoms with Crippen molar-refractivity contribution in [3.63, 3.8) is 0 Å². The molecule has 0 heterocycles. The number of thioether (sulfide) groups is 1. The molecule has 1 aromatic rings. The molecular formula is C11H11ClF3NO2S. The minimum absolute atomic E-state index is 0.00654. The Morgan fingerprint density at radius 3 is 2.58 bits per heavy atom. The molecule has 0 fully saturated rings. The van der Waals surface area contributed by atoms with Gasteiger partial charge < -0.3 is 0 Å². The van der Waals surface area contributed by atoms with Crippen LogP contribution in [0.4, 0.5) is 18.9 Å². The van der Waals surface area contributed by atoms with Crippen LogP contribution in [0.3, 0.4) is 0 Å². The van der Waals surface area contributed by atoms with Crippen molar-refractivity contribution in [2.24, 2.45) is 0 Å². The molecule has 1 unspecified atom stereocenters. The topological polar surface area (TPSA) is 43.1 Å². The van der Waals surface area contributed by atoms with Gasteiger partial charge in [0.2, 0.25) is 0 Å². The minimum Gasteiger partial charge on any atom is -0.258 e. The van der Waals surface area contributed by atoms with Crippen molar-refractivity contribution in [3.05, 3.63) is 33.9 Å². The molecule has 19 heavy (non-hydrogen) atoms. The van der Waals surface area contributed by atoms with Gasteiger partial charge in [-0.25, -0.2) is 0 Å². The predicted octanol–water partition coefficient (Wildman–Crippen LogP) is 4.72. The van der Waals surface area contributed by atoms with Gasteiger partial charge in [-0.3, -0.25) is 10.1 Å². The summed E-state index contributed by atoms with van der Waals surface area (Å²) < 4.78 is 37.5. The molecular weight excluding hydrogens is 303 g/mol. The zero-order chi connectivity index (χ0) is 14.6. The molecule has 1 atom stereocenters. The average molecular weight is 314 g/mol. The number of rotatable bonds is 5. The third-order valence-corrected chi connectivity index (χ3v) is 3.78. The Morgan fingerprint density at radius 2 is 2.11 bits per heavy atom. The maximum Gasteiger partial charge on any atom is 0.416 e. The largest absolute Gasteiger partial charge is 0.416 e. The van der Waals surface area contributed by atoms with Crippen LogP contribution >= 0.6 is 23.4 Å². The molecule has 1 aromatic carbocycles. The third kappa shape index (κ3) is 4.58. The number of nitro benzene ring substituents is 1. The van der Waals surface area contributed by atoms with Crippen molar-refractivity contribution in [3.8, 4) is 0 Å². The van der Waals surface area contributed by atoms with E-state index in [9.17, 15) is 23.3 Å². The van der Waals surface area contributed by atoms with E-state index in [4.69, 9.17) is 11.6 Å². The summed E-state index contributed by atoms with van der Waals surface area (Å²) in [6, 6.07) is 2.55. The van der Waals surface area contributed by atoms with E-state index in [1.54, 1.807) is 0 Å². The van der Waals surface area contributed by atoms with Crippen LogP contribution in [0, 0.1) is 10.1 Å². The fraction of sp³-hybridized carbons (Fsp3) is 0.455. The molecule has 0 aromatic heterocycles. The van der Waals surface area contributed by atoms with Gasteiger partial charge in [0.15, 0.2) is 0 Å². The molecule has 3 nitrogen and oxygen atoms in total. The van der Waals surface area contributed by atoms with Crippen LogP contribution in [0.2, 0.25) is 0 Å². The first kappa shape index (κ1) is 16.1. The first-order valence-electron chi connectivity index (χ1n) is 5.34. The summed E-state index contributed by atoms with van der Waals surface area (Å²) in [6.07, 6.45) is -3.97. The number of hydrogen-bond donors (Lipinski definition) is 0. The summed E-state index contributed by atoms with van der Waals surface area (Å²) >= 11 is 6.70. The van der Waals surface area contributed by atoms with Crippen molar-refractivity contribution in [2.45, 2.75) is 29.7 Å². The van der Waals surface area contributed by atoms with Gasteiger partial charge in [-0.05, 0) is 18.6 Å². The Morgan fingerprint density at radius 1 is 1.47 bits per heavy atom. The van der Waals surface area contributed by atoms with Gasteiger partial charge in [-0.2, -0.15) is 13.2 Å². The Labute approximate surface area is 117 Å². The highest BCUT2D eigenvalue weighted by molar-refractivity contribution is 8.00. The SMILES string of the molecule is CC(CCCl)Sc1ccc(C(F)(F)F)cc1[N+](=O)[O-]. The van der Waals surface area contributed by atoms with E-state index in [0.29, 0.717) is 18.4 Å². The Hall–Kier alpha value is -0.950. The van der Waals surface area contributed by atoms with Gasteiger partial charge in [0.05, 0.1) is 15.4 Å².